The Kier molecular flexibility index (Phi) is 7.18. The van der Waals surface area contributed by atoms with Crippen molar-refractivity contribution < 1.29 is 22.9 Å². The van der Waals surface area contributed by atoms with Crippen LogP contribution in [0, 0.1) is 10.1 Å². The predicted octanol–water partition coefficient (Wildman–Crippen LogP) is 3.13. The first-order chi connectivity index (χ1) is 15.3. The van der Waals surface area contributed by atoms with E-state index in [0.29, 0.717) is 5.75 Å². The van der Waals surface area contributed by atoms with Gasteiger partial charge in [-0.05, 0) is 42.3 Å². The first-order valence-electron chi connectivity index (χ1n) is 9.54. The summed E-state index contributed by atoms with van der Waals surface area (Å²) in [5.41, 5.74) is 0.733. The molecule has 1 atom stereocenters. The number of methoxy groups -OCH3 is 1. The Morgan fingerprint density at radius 2 is 1.72 bits per heavy atom. The molecule has 9 nitrogen and oxygen atoms in total. The standard InChI is InChI=1S/C22H21N3O6S/c1-31-19-10-12-20(13-11-19)32(29,30)24-21(14-16-6-3-2-4-7-16)22(26)23-17-8-5-9-18(15-17)25(27)28/h2-13,15,21,24H,14H2,1H3,(H,23,26). The number of rotatable bonds is 9. The van der Waals surface area contributed by atoms with Gasteiger partial charge in [0.05, 0.1) is 16.9 Å². The van der Waals surface area contributed by atoms with Crippen molar-refractivity contribution in [3.05, 3.63) is 94.5 Å². The number of amides is 1. The number of nitro benzene ring substituents is 1. The second kappa shape index (κ2) is 10.0. The van der Waals surface area contributed by atoms with E-state index in [0.717, 1.165) is 5.56 Å². The van der Waals surface area contributed by atoms with Crippen LogP contribution >= 0.6 is 0 Å². The molecule has 0 aliphatic heterocycles. The van der Waals surface area contributed by atoms with Gasteiger partial charge in [0, 0.05) is 17.8 Å². The van der Waals surface area contributed by atoms with E-state index in [4.69, 9.17) is 4.74 Å². The highest BCUT2D eigenvalue weighted by atomic mass is 32.2. The summed E-state index contributed by atoms with van der Waals surface area (Å²) >= 11 is 0. The lowest BCUT2D eigenvalue weighted by Crippen LogP contribution is -2.45. The van der Waals surface area contributed by atoms with Crippen molar-refractivity contribution in [3.8, 4) is 5.75 Å². The maximum Gasteiger partial charge on any atom is 0.271 e. The largest absolute Gasteiger partial charge is 0.497 e. The summed E-state index contributed by atoms with van der Waals surface area (Å²) in [6, 6.07) is 18.9. The lowest BCUT2D eigenvalue weighted by atomic mass is 10.1. The van der Waals surface area contributed by atoms with Crippen molar-refractivity contribution >= 4 is 27.3 Å². The van der Waals surface area contributed by atoms with Gasteiger partial charge in [0.15, 0.2) is 0 Å². The molecule has 32 heavy (non-hydrogen) atoms. The number of carbonyl (C=O) groups excluding carboxylic acids is 1. The highest BCUT2D eigenvalue weighted by Crippen LogP contribution is 2.19. The van der Waals surface area contributed by atoms with Crippen LogP contribution in [0.3, 0.4) is 0 Å². The molecule has 2 N–H and O–H groups in total. The van der Waals surface area contributed by atoms with Gasteiger partial charge < -0.3 is 10.1 Å². The molecular weight excluding hydrogens is 434 g/mol. The van der Waals surface area contributed by atoms with Crippen LogP contribution in [-0.4, -0.2) is 32.4 Å². The van der Waals surface area contributed by atoms with Crippen molar-refractivity contribution in [1.29, 1.82) is 0 Å². The summed E-state index contributed by atoms with van der Waals surface area (Å²) in [5, 5.41) is 13.6. The van der Waals surface area contributed by atoms with E-state index in [9.17, 15) is 23.3 Å². The maximum absolute atomic E-state index is 13.0. The summed E-state index contributed by atoms with van der Waals surface area (Å²) in [5.74, 6) is -0.153. The van der Waals surface area contributed by atoms with Crippen LogP contribution in [-0.2, 0) is 21.2 Å². The summed E-state index contributed by atoms with van der Waals surface area (Å²) in [4.78, 5) is 23.4. The fourth-order valence-corrected chi connectivity index (χ4v) is 4.17. The van der Waals surface area contributed by atoms with E-state index >= 15 is 0 Å². The fraction of sp³-hybridized carbons (Fsp3) is 0.136. The van der Waals surface area contributed by atoms with Crippen molar-refractivity contribution in [2.45, 2.75) is 17.4 Å². The summed E-state index contributed by atoms with van der Waals surface area (Å²) in [7, 11) is -2.57. The van der Waals surface area contributed by atoms with Gasteiger partial charge in [0.1, 0.15) is 11.8 Å². The normalized spacial score (nSPS) is 12.0. The number of anilines is 1. The SMILES string of the molecule is COc1ccc(S(=O)(=O)NC(Cc2ccccc2)C(=O)Nc2cccc([N+](=O)[O-])c2)cc1. The number of hydrogen-bond acceptors (Lipinski definition) is 6. The minimum Gasteiger partial charge on any atom is -0.497 e. The van der Waals surface area contributed by atoms with E-state index in [1.165, 1.54) is 55.6 Å². The molecule has 3 aromatic carbocycles. The molecule has 166 valence electrons. The Balaban J connectivity index is 1.86. The number of benzene rings is 3. The molecule has 0 heterocycles. The lowest BCUT2D eigenvalue weighted by molar-refractivity contribution is -0.384. The molecule has 3 rings (SSSR count). The number of sulfonamides is 1. The monoisotopic (exact) mass is 455 g/mol. The van der Waals surface area contributed by atoms with Gasteiger partial charge >= 0.3 is 0 Å². The molecule has 0 bridgehead atoms. The van der Waals surface area contributed by atoms with Gasteiger partial charge in [0.2, 0.25) is 15.9 Å². The van der Waals surface area contributed by atoms with Crippen molar-refractivity contribution in [1.82, 2.24) is 4.72 Å². The number of nitrogens with zero attached hydrogens (tertiary/aromatic N) is 1. The second-order valence-corrected chi connectivity index (χ2v) is 8.55. The Morgan fingerprint density at radius 3 is 2.34 bits per heavy atom. The topological polar surface area (TPSA) is 128 Å². The molecule has 10 heteroatoms. The predicted molar refractivity (Wildman–Crippen MR) is 119 cm³/mol. The molecule has 3 aromatic rings. The molecule has 0 fully saturated rings. The molecule has 1 amide bonds. The highest BCUT2D eigenvalue weighted by molar-refractivity contribution is 7.89. The molecule has 0 saturated carbocycles. The van der Waals surface area contributed by atoms with E-state index < -0.39 is 26.9 Å². The molecule has 0 aliphatic carbocycles. The van der Waals surface area contributed by atoms with Gasteiger partial charge in [-0.25, -0.2) is 8.42 Å². The van der Waals surface area contributed by atoms with Crippen LogP contribution in [0.5, 0.6) is 5.75 Å². The third-order valence-electron chi connectivity index (χ3n) is 4.59. The minimum atomic E-state index is -4.04. The van der Waals surface area contributed by atoms with E-state index in [2.05, 4.69) is 10.0 Å². The third-order valence-corrected chi connectivity index (χ3v) is 6.08. The molecule has 1 unspecified atom stereocenters. The van der Waals surface area contributed by atoms with Gasteiger partial charge in [-0.1, -0.05) is 36.4 Å². The van der Waals surface area contributed by atoms with Crippen molar-refractivity contribution in [3.63, 3.8) is 0 Å². The number of carbonyl (C=O) groups is 1. The molecule has 0 radical (unpaired) electrons. The number of ether oxygens (including phenoxy) is 1. The summed E-state index contributed by atoms with van der Waals surface area (Å²) < 4.78 is 33.3. The lowest BCUT2D eigenvalue weighted by Gasteiger charge is -2.19. The van der Waals surface area contributed by atoms with Gasteiger partial charge in [-0.2, -0.15) is 4.72 Å². The summed E-state index contributed by atoms with van der Waals surface area (Å²) in [6.07, 6.45) is 0.0803. The van der Waals surface area contributed by atoms with E-state index in [-0.39, 0.29) is 22.7 Å². The number of nitro groups is 1. The Morgan fingerprint density at radius 1 is 1.03 bits per heavy atom. The molecule has 0 saturated heterocycles. The smallest absolute Gasteiger partial charge is 0.271 e. The van der Waals surface area contributed by atoms with Crippen molar-refractivity contribution in [2.24, 2.45) is 0 Å². The quantitative estimate of drug-likeness (QED) is 0.377. The van der Waals surface area contributed by atoms with Crippen LogP contribution in [0.15, 0.2) is 83.8 Å². The van der Waals surface area contributed by atoms with Crippen molar-refractivity contribution in [2.75, 3.05) is 12.4 Å². The van der Waals surface area contributed by atoms with Crippen LogP contribution in [0.1, 0.15) is 5.56 Å². The number of non-ortho nitro benzene ring substituents is 1. The zero-order valence-corrected chi connectivity index (χ0v) is 17.9. The molecule has 0 aromatic heterocycles. The Bertz CT molecular complexity index is 1200. The van der Waals surface area contributed by atoms with Crippen LogP contribution < -0.4 is 14.8 Å². The van der Waals surface area contributed by atoms with Crippen LogP contribution in [0.4, 0.5) is 11.4 Å². The summed E-state index contributed by atoms with van der Waals surface area (Å²) in [6.45, 7) is 0. The first kappa shape index (κ1) is 22.9. The third kappa shape index (κ3) is 5.90. The van der Waals surface area contributed by atoms with Gasteiger partial charge in [0.25, 0.3) is 5.69 Å². The maximum atomic E-state index is 13.0. The number of nitrogens with one attached hydrogen (secondary N) is 2. The van der Waals surface area contributed by atoms with E-state index in [1.54, 1.807) is 24.3 Å². The Hall–Kier alpha value is -3.76. The van der Waals surface area contributed by atoms with Crippen LogP contribution in [0.25, 0.3) is 0 Å². The molecule has 0 spiro atoms. The van der Waals surface area contributed by atoms with E-state index in [1.807, 2.05) is 6.07 Å². The minimum absolute atomic E-state index is 0.0282. The zero-order valence-electron chi connectivity index (χ0n) is 17.1. The number of hydrogen-bond donors (Lipinski definition) is 2. The molecular formula is C22H21N3O6S. The van der Waals surface area contributed by atoms with Gasteiger partial charge in [-0.15, -0.1) is 0 Å². The zero-order chi connectivity index (χ0) is 23.1. The van der Waals surface area contributed by atoms with Gasteiger partial charge in [-0.3, -0.25) is 14.9 Å². The fourth-order valence-electron chi connectivity index (χ4n) is 2.97. The molecule has 0 aliphatic rings. The second-order valence-electron chi connectivity index (χ2n) is 6.84. The highest BCUT2D eigenvalue weighted by Gasteiger charge is 2.26. The average Bonchev–Trinajstić information content (AvgIpc) is 2.79. The van der Waals surface area contributed by atoms with Crippen LogP contribution in [0.2, 0.25) is 0 Å². The Labute approximate surface area is 185 Å². The first-order valence-corrected chi connectivity index (χ1v) is 11.0. The average molecular weight is 455 g/mol.